The number of aromatic nitrogens is 4. The first-order chi connectivity index (χ1) is 8.52. The minimum absolute atomic E-state index is 0.317. The van der Waals surface area contributed by atoms with Crippen molar-refractivity contribution in [3.63, 3.8) is 0 Å². The molecule has 0 aliphatic heterocycles. The van der Waals surface area contributed by atoms with Gasteiger partial charge in [-0.1, -0.05) is 0 Å². The topological polar surface area (TPSA) is 73.1 Å². The first kappa shape index (κ1) is 12.3. The van der Waals surface area contributed by atoms with Crippen molar-refractivity contribution >= 4 is 17.7 Å². The number of ether oxygens (including phenoxy) is 1. The van der Waals surface area contributed by atoms with Crippen LogP contribution in [0, 0.1) is 13.8 Å². The summed E-state index contributed by atoms with van der Waals surface area (Å²) < 4.78 is 8.29. The number of aryl methyl sites for hydroxylation is 3. The predicted molar refractivity (Wildman–Crippen MR) is 64.3 cm³/mol. The number of nitrogens with zero attached hydrogens (tertiary/aromatic N) is 4. The normalized spacial score (nSPS) is 10.7. The van der Waals surface area contributed by atoms with Crippen LogP contribution in [0.4, 0.5) is 10.7 Å². The van der Waals surface area contributed by atoms with Crippen molar-refractivity contribution in [1.82, 2.24) is 14.8 Å². The SMILES string of the molecule is CCOC(=O)Nc1nn(C)c2cc(C)nc(C)[n+]12. The lowest BCUT2D eigenvalue weighted by molar-refractivity contribution is -0.508. The summed E-state index contributed by atoms with van der Waals surface area (Å²) in [6, 6.07) is 1.90. The van der Waals surface area contributed by atoms with Crippen LogP contribution in [0.25, 0.3) is 5.65 Å². The molecule has 0 aliphatic rings. The molecule has 0 spiro atoms. The van der Waals surface area contributed by atoms with Gasteiger partial charge in [0, 0.05) is 13.0 Å². The number of amides is 1. The molecule has 0 atom stereocenters. The summed E-state index contributed by atoms with van der Waals surface area (Å²) >= 11 is 0. The van der Waals surface area contributed by atoms with Crippen molar-refractivity contribution in [3.05, 3.63) is 17.6 Å². The largest absolute Gasteiger partial charge is 0.451 e. The molecule has 0 fully saturated rings. The molecule has 2 rings (SSSR count). The lowest BCUT2D eigenvalue weighted by atomic mass is 10.4. The van der Waals surface area contributed by atoms with Crippen LogP contribution in [0.2, 0.25) is 0 Å². The number of fused-ring (bicyclic) bond motifs is 1. The van der Waals surface area contributed by atoms with Gasteiger partial charge in [-0.2, -0.15) is 14.1 Å². The standard InChI is InChI=1S/C11H15N5O2/c1-5-18-11(17)13-10-14-15(4)9-6-7(2)12-8(3)16(9)10/h6H,5H2,1-4H3/p+1. The Bertz CT molecular complexity index is 605. The third-order valence-electron chi connectivity index (χ3n) is 2.51. The first-order valence-corrected chi connectivity index (χ1v) is 5.69. The average molecular weight is 250 g/mol. The van der Waals surface area contributed by atoms with Crippen LogP contribution in [-0.4, -0.2) is 27.5 Å². The van der Waals surface area contributed by atoms with Crippen LogP contribution < -0.4 is 9.72 Å². The molecule has 0 aromatic carbocycles. The molecule has 0 aliphatic carbocycles. The van der Waals surface area contributed by atoms with Gasteiger partial charge >= 0.3 is 12.0 Å². The van der Waals surface area contributed by atoms with Gasteiger partial charge < -0.3 is 4.74 Å². The second-order valence-electron chi connectivity index (χ2n) is 3.93. The van der Waals surface area contributed by atoms with E-state index in [1.807, 2.05) is 27.0 Å². The molecular weight excluding hydrogens is 234 g/mol. The fraction of sp³-hybridized carbons (Fsp3) is 0.455. The number of carbonyl (C=O) groups excluding carboxylic acids is 1. The van der Waals surface area contributed by atoms with Gasteiger partial charge in [-0.3, -0.25) is 0 Å². The predicted octanol–water partition coefficient (Wildman–Crippen LogP) is 0.739. The molecule has 2 aromatic heterocycles. The quantitative estimate of drug-likeness (QED) is 0.798. The number of anilines is 1. The fourth-order valence-electron chi connectivity index (χ4n) is 1.83. The maximum atomic E-state index is 11.4. The second-order valence-corrected chi connectivity index (χ2v) is 3.93. The molecule has 18 heavy (non-hydrogen) atoms. The molecule has 0 bridgehead atoms. The molecule has 1 N–H and O–H groups in total. The summed E-state index contributed by atoms with van der Waals surface area (Å²) in [7, 11) is 1.81. The highest BCUT2D eigenvalue weighted by atomic mass is 16.5. The van der Waals surface area contributed by atoms with Gasteiger partial charge in [0.25, 0.3) is 0 Å². The lowest BCUT2D eigenvalue weighted by Gasteiger charge is -2.00. The maximum Gasteiger partial charge on any atom is 0.451 e. The zero-order valence-electron chi connectivity index (χ0n) is 10.9. The van der Waals surface area contributed by atoms with E-state index in [1.165, 1.54) is 0 Å². The molecule has 0 unspecified atom stereocenters. The molecule has 2 aromatic rings. The van der Waals surface area contributed by atoms with E-state index in [2.05, 4.69) is 15.4 Å². The van der Waals surface area contributed by atoms with Crippen LogP contribution in [-0.2, 0) is 11.8 Å². The Kier molecular flexibility index (Phi) is 3.14. The van der Waals surface area contributed by atoms with E-state index < -0.39 is 6.09 Å². The number of nitrogens with one attached hydrogen (secondary N) is 1. The number of rotatable bonds is 2. The third-order valence-corrected chi connectivity index (χ3v) is 2.51. The zero-order valence-corrected chi connectivity index (χ0v) is 10.9. The Morgan fingerprint density at radius 2 is 2.28 bits per heavy atom. The molecule has 0 radical (unpaired) electrons. The monoisotopic (exact) mass is 250 g/mol. The van der Waals surface area contributed by atoms with E-state index >= 15 is 0 Å². The van der Waals surface area contributed by atoms with E-state index in [9.17, 15) is 4.79 Å². The molecule has 0 saturated heterocycles. The number of carbonyl (C=O) groups is 1. The summed E-state index contributed by atoms with van der Waals surface area (Å²) in [4.78, 5) is 15.8. The molecule has 2 heterocycles. The van der Waals surface area contributed by atoms with Crippen molar-refractivity contribution in [3.8, 4) is 0 Å². The minimum atomic E-state index is -0.523. The highest BCUT2D eigenvalue weighted by molar-refractivity contribution is 5.81. The van der Waals surface area contributed by atoms with Crippen LogP contribution >= 0.6 is 0 Å². The van der Waals surface area contributed by atoms with Gasteiger partial charge in [0.2, 0.25) is 5.65 Å². The number of hydrogen-bond donors (Lipinski definition) is 1. The Morgan fingerprint density at radius 1 is 1.56 bits per heavy atom. The summed E-state index contributed by atoms with van der Waals surface area (Å²) in [6.45, 7) is 5.84. The molecule has 0 saturated carbocycles. The summed E-state index contributed by atoms with van der Waals surface area (Å²) in [5, 5.41) is 6.84. The zero-order chi connectivity index (χ0) is 13.3. The van der Waals surface area contributed by atoms with E-state index in [0.29, 0.717) is 12.6 Å². The van der Waals surface area contributed by atoms with Crippen LogP contribution in [0.1, 0.15) is 18.4 Å². The Hall–Kier alpha value is -2.18. The minimum Gasteiger partial charge on any atom is -0.443 e. The fourth-order valence-corrected chi connectivity index (χ4v) is 1.83. The summed E-state index contributed by atoms with van der Waals surface area (Å²) in [6.07, 6.45) is -0.523. The van der Waals surface area contributed by atoms with Gasteiger partial charge in [0.05, 0.1) is 19.3 Å². The molecular formula is C11H16N5O2+. The maximum absolute atomic E-state index is 11.4. The van der Waals surface area contributed by atoms with E-state index in [0.717, 1.165) is 17.2 Å². The highest BCUT2D eigenvalue weighted by Crippen LogP contribution is 2.05. The van der Waals surface area contributed by atoms with E-state index in [1.54, 1.807) is 16.0 Å². The Balaban J connectivity index is 2.49. The van der Waals surface area contributed by atoms with Crippen LogP contribution in [0.15, 0.2) is 6.07 Å². The van der Waals surface area contributed by atoms with Gasteiger partial charge in [0.15, 0.2) is 5.82 Å². The average Bonchev–Trinajstić information content (AvgIpc) is 2.55. The van der Waals surface area contributed by atoms with E-state index in [4.69, 9.17) is 4.74 Å². The molecule has 7 nitrogen and oxygen atoms in total. The molecule has 1 amide bonds. The number of hydrogen-bond acceptors (Lipinski definition) is 4. The van der Waals surface area contributed by atoms with Gasteiger partial charge in [-0.05, 0) is 18.9 Å². The summed E-state index contributed by atoms with van der Waals surface area (Å²) in [5.74, 6) is 1.15. The van der Waals surface area contributed by atoms with Gasteiger partial charge in [0.1, 0.15) is 0 Å². The van der Waals surface area contributed by atoms with Gasteiger partial charge in [-0.15, -0.1) is 0 Å². The lowest BCUT2D eigenvalue weighted by Crippen LogP contribution is -2.32. The van der Waals surface area contributed by atoms with Crippen LogP contribution in [0.3, 0.4) is 0 Å². The summed E-state index contributed by atoms with van der Waals surface area (Å²) in [5.41, 5.74) is 1.75. The smallest absolute Gasteiger partial charge is 0.443 e. The highest BCUT2D eigenvalue weighted by Gasteiger charge is 2.21. The van der Waals surface area contributed by atoms with Crippen LogP contribution in [0.5, 0.6) is 0 Å². The van der Waals surface area contributed by atoms with Crippen molar-refractivity contribution < 1.29 is 13.9 Å². The Labute approximate surface area is 104 Å². The van der Waals surface area contributed by atoms with E-state index in [-0.39, 0.29) is 0 Å². The van der Waals surface area contributed by atoms with Gasteiger partial charge in [-0.25, -0.2) is 10.1 Å². The van der Waals surface area contributed by atoms with Crippen molar-refractivity contribution in [1.29, 1.82) is 0 Å². The Morgan fingerprint density at radius 3 is 2.94 bits per heavy atom. The second kappa shape index (κ2) is 4.59. The third kappa shape index (κ3) is 2.11. The molecule has 7 heteroatoms. The first-order valence-electron chi connectivity index (χ1n) is 5.69. The van der Waals surface area contributed by atoms with Crippen molar-refractivity contribution in [2.75, 3.05) is 11.9 Å². The van der Waals surface area contributed by atoms with Crippen molar-refractivity contribution in [2.24, 2.45) is 7.05 Å². The van der Waals surface area contributed by atoms with Crippen molar-refractivity contribution in [2.45, 2.75) is 20.8 Å². The molecule has 96 valence electrons.